The van der Waals surface area contributed by atoms with Gasteiger partial charge in [-0.1, -0.05) is 0 Å². The Morgan fingerprint density at radius 2 is 1.89 bits per heavy atom. The average Bonchev–Trinajstić information content (AvgIpc) is 2.34. The van der Waals surface area contributed by atoms with Gasteiger partial charge in [-0.3, -0.25) is 4.79 Å². The molecule has 1 aromatic rings. The maximum absolute atomic E-state index is 12.1. The highest BCUT2D eigenvalue weighted by Crippen LogP contribution is 2.28. The molecule has 1 amide bonds. The Balaban J connectivity index is 2.88. The molecule has 106 valence electrons. The smallest absolute Gasteiger partial charge is 0.226 e. The highest BCUT2D eigenvalue weighted by atomic mass is 16.5. The van der Waals surface area contributed by atoms with Gasteiger partial charge in [-0.15, -0.1) is 0 Å². The molecule has 19 heavy (non-hydrogen) atoms. The third-order valence-corrected chi connectivity index (χ3v) is 3.22. The lowest BCUT2D eigenvalue weighted by atomic mass is 10.1. The van der Waals surface area contributed by atoms with Crippen molar-refractivity contribution < 1.29 is 9.53 Å². The standard InChI is InChI=1S/C15H24N2O2/c1-10-8-13(9-11(2)15(10)19-5)17(4)14(18)7-6-12(3)16/h8-9,12H,6-7,16H2,1-5H3. The first-order valence-electron chi connectivity index (χ1n) is 6.54. The van der Waals surface area contributed by atoms with Crippen LogP contribution in [0.3, 0.4) is 0 Å². The summed E-state index contributed by atoms with van der Waals surface area (Å²) in [5, 5.41) is 0. The predicted molar refractivity (Wildman–Crippen MR) is 78.8 cm³/mol. The molecule has 0 aliphatic carbocycles. The number of benzene rings is 1. The predicted octanol–water partition coefficient (Wildman–Crippen LogP) is 2.40. The first-order valence-corrected chi connectivity index (χ1v) is 6.54. The highest BCUT2D eigenvalue weighted by Gasteiger charge is 2.14. The molecule has 0 aliphatic rings. The van der Waals surface area contributed by atoms with E-state index in [0.717, 1.165) is 22.6 Å². The Labute approximate surface area is 115 Å². The Bertz CT molecular complexity index is 432. The molecule has 0 spiro atoms. The fourth-order valence-corrected chi connectivity index (χ4v) is 2.11. The van der Waals surface area contributed by atoms with Gasteiger partial charge in [-0.25, -0.2) is 0 Å². The molecule has 1 aromatic carbocycles. The number of nitrogens with two attached hydrogens (primary N) is 1. The van der Waals surface area contributed by atoms with Crippen LogP contribution < -0.4 is 15.4 Å². The Morgan fingerprint density at radius 3 is 2.32 bits per heavy atom. The van der Waals surface area contributed by atoms with Crippen LogP contribution in [0, 0.1) is 13.8 Å². The molecule has 1 rings (SSSR count). The van der Waals surface area contributed by atoms with E-state index in [-0.39, 0.29) is 11.9 Å². The summed E-state index contributed by atoms with van der Waals surface area (Å²) in [6.07, 6.45) is 1.18. The van der Waals surface area contributed by atoms with Crippen LogP contribution >= 0.6 is 0 Å². The van der Waals surface area contributed by atoms with E-state index >= 15 is 0 Å². The van der Waals surface area contributed by atoms with Crippen LogP contribution in [0.2, 0.25) is 0 Å². The van der Waals surface area contributed by atoms with Crippen LogP contribution in [0.25, 0.3) is 0 Å². The molecule has 1 unspecified atom stereocenters. The number of carbonyl (C=O) groups is 1. The maximum Gasteiger partial charge on any atom is 0.226 e. The Morgan fingerprint density at radius 1 is 1.37 bits per heavy atom. The quantitative estimate of drug-likeness (QED) is 0.888. The van der Waals surface area contributed by atoms with Gasteiger partial charge in [-0.05, 0) is 50.5 Å². The van der Waals surface area contributed by atoms with Crippen LogP contribution in [0.5, 0.6) is 5.75 Å². The fourth-order valence-electron chi connectivity index (χ4n) is 2.11. The number of nitrogens with zero attached hydrogens (tertiary/aromatic N) is 1. The molecule has 0 radical (unpaired) electrons. The summed E-state index contributed by atoms with van der Waals surface area (Å²) in [6, 6.07) is 3.99. The van der Waals surface area contributed by atoms with Crippen molar-refractivity contribution in [1.29, 1.82) is 0 Å². The lowest BCUT2D eigenvalue weighted by molar-refractivity contribution is -0.118. The van der Waals surface area contributed by atoms with Crippen molar-refractivity contribution in [2.24, 2.45) is 5.73 Å². The van der Waals surface area contributed by atoms with Crippen LogP contribution in [0.15, 0.2) is 12.1 Å². The highest BCUT2D eigenvalue weighted by molar-refractivity contribution is 5.93. The molecule has 0 saturated carbocycles. The van der Waals surface area contributed by atoms with E-state index in [1.807, 2.05) is 32.9 Å². The van der Waals surface area contributed by atoms with Crippen molar-refractivity contribution >= 4 is 11.6 Å². The number of anilines is 1. The summed E-state index contributed by atoms with van der Waals surface area (Å²) in [4.78, 5) is 13.7. The maximum atomic E-state index is 12.1. The third kappa shape index (κ3) is 3.96. The minimum Gasteiger partial charge on any atom is -0.496 e. The second kappa shape index (κ2) is 6.57. The van der Waals surface area contributed by atoms with Crippen LogP contribution in [-0.2, 0) is 4.79 Å². The van der Waals surface area contributed by atoms with Gasteiger partial charge < -0.3 is 15.4 Å². The fraction of sp³-hybridized carbons (Fsp3) is 0.533. The summed E-state index contributed by atoms with van der Waals surface area (Å²) >= 11 is 0. The van der Waals surface area contributed by atoms with Crippen LogP contribution in [0.1, 0.15) is 30.9 Å². The van der Waals surface area contributed by atoms with Crippen molar-refractivity contribution in [2.75, 3.05) is 19.1 Å². The molecule has 0 heterocycles. The SMILES string of the molecule is COc1c(C)cc(N(C)C(=O)CCC(C)N)cc1C. The Hall–Kier alpha value is -1.55. The first-order chi connectivity index (χ1) is 8.86. The molecule has 0 aliphatic heterocycles. The zero-order valence-corrected chi connectivity index (χ0v) is 12.5. The number of carbonyl (C=O) groups excluding carboxylic acids is 1. The van der Waals surface area contributed by atoms with Gasteiger partial charge in [0.05, 0.1) is 7.11 Å². The number of aryl methyl sites for hydroxylation is 2. The minimum absolute atomic E-state index is 0.0525. The zero-order valence-electron chi connectivity index (χ0n) is 12.5. The van der Waals surface area contributed by atoms with Crippen molar-refractivity contribution in [2.45, 2.75) is 39.7 Å². The van der Waals surface area contributed by atoms with E-state index in [9.17, 15) is 4.79 Å². The number of hydrogen-bond acceptors (Lipinski definition) is 3. The second-order valence-electron chi connectivity index (χ2n) is 5.08. The molecule has 0 aromatic heterocycles. The van der Waals surface area contributed by atoms with Crippen LogP contribution in [-0.4, -0.2) is 26.1 Å². The van der Waals surface area contributed by atoms with E-state index in [2.05, 4.69) is 0 Å². The Kier molecular flexibility index (Phi) is 5.36. The third-order valence-electron chi connectivity index (χ3n) is 3.22. The first kappa shape index (κ1) is 15.5. The molecule has 0 saturated heterocycles. The van der Waals surface area contributed by atoms with Gasteiger partial charge in [0, 0.05) is 25.2 Å². The van der Waals surface area contributed by atoms with E-state index in [1.54, 1.807) is 19.1 Å². The lowest BCUT2D eigenvalue weighted by Gasteiger charge is -2.20. The number of amides is 1. The summed E-state index contributed by atoms with van der Waals surface area (Å²) in [7, 11) is 3.46. The van der Waals surface area contributed by atoms with Gasteiger partial charge in [0.15, 0.2) is 0 Å². The molecule has 2 N–H and O–H groups in total. The normalized spacial score (nSPS) is 12.1. The zero-order chi connectivity index (χ0) is 14.6. The molecule has 4 nitrogen and oxygen atoms in total. The summed E-state index contributed by atoms with van der Waals surface area (Å²) < 4.78 is 5.33. The van der Waals surface area contributed by atoms with E-state index < -0.39 is 0 Å². The summed E-state index contributed by atoms with van der Waals surface area (Å²) in [5.74, 6) is 0.960. The van der Waals surface area contributed by atoms with Crippen LogP contribution in [0.4, 0.5) is 5.69 Å². The molecule has 1 atom stereocenters. The molecular weight excluding hydrogens is 240 g/mol. The topological polar surface area (TPSA) is 55.6 Å². The van der Waals surface area contributed by atoms with Gasteiger partial charge in [0.2, 0.25) is 5.91 Å². The molecular formula is C15H24N2O2. The number of methoxy groups -OCH3 is 1. The number of hydrogen-bond donors (Lipinski definition) is 1. The van der Waals surface area contributed by atoms with Crippen molar-refractivity contribution in [3.8, 4) is 5.75 Å². The van der Waals surface area contributed by atoms with Gasteiger partial charge in [-0.2, -0.15) is 0 Å². The van der Waals surface area contributed by atoms with E-state index in [0.29, 0.717) is 12.8 Å². The second-order valence-corrected chi connectivity index (χ2v) is 5.08. The van der Waals surface area contributed by atoms with Crippen molar-refractivity contribution in [3.05, 3.63) is 23.3 Å². The molecule has 0 bridgehead atoms. The minimum atomic E-state index is 0.0525. The van der Waals surface area contributed by atoms with E-state index in [4.69, 9.17) is 10.5 Å². The number of ether oxygens (including phenoxy) is 1. The largest absolute Gasteiger partial charge is 0.496 e. The van der Waals surface area contributed by atoms with Gasteiger partial charge in [0.1, 0.15) is 5.75 Å². The molecule has 0 fully saturated rings. The average molecular weight is 264 g/mol. The lowest BCUT2D eigenvalue weighted by Crippen LogP contribution is -2.28. The van der Waals surface area contributed by atoms with Gasteiger partial charge in [0.25, 0.3) is 0 Å². The summed E-state index contributed by atoms with van der Waals surface area (Å²) in [5.41, 5.74) is 8.64. The number of rotatable bonds is 5. The molecule has 4 heteroatoms. The van der Waals surface area contributed by atoms with Crippen molar-refractivity contribution in [3.63, 3.8) is 0 Å². The van der Waals surface area contributed by atoms with Gasteiger partial charge >= 0.3 is 0 Å². The van der Waals surface area contributed by atoms with Crippen molar-refractivity contribution in [1.82, 2.24) is 0 Å². The summed E-state index contributed by atoms with van der Waals surface area (Å²) in [6.45, 7) is 5.88. The van der Waals surface area contributed by atoms with E-state index in [1.165, 1.54) is 0 Å². The monoisotopic (exact) mass is 264 g/mol.